The van der Waals surface area contributed by atoms with Crippen molar-refractivity contribution in [2.45, 2.75) is 32.9 Å². The molecule has 9 heteroatoms. The highest BCUT2D eigenvalue weighted by Gasteiger charge is 2.35. The van der Waals surface area contributed by atoms with Crippen LogP contribution in [0.15, 0.2) is 10.6 Å². The van der Waals surface area contributed by atoms with Gasteiger partial charge in [-0.2, -0.15) is 18.3 Å². The van der Waals surface area contributed by atoms with Crippen LogP contribution in [0.4, 0.5) is 19.0 Å². The zero-order chi connectivity index (χ0) is 16.7. The number of carbonyl (C=O) groups is 1. The molecule has 0 aliphatic rings. The lowest BCUT2D eigenvalue weighted by Crippen LogP contribution is -2.15. The van der Waals surface area contributed by atoms with Gasteiger partial charge in [0.2, 0.25) is 0 Å². The Hall–Kier alpha value is -2.32. The molecule has 2 aromatic rings. The maximum atomic E-state index is 12.7. The number of hydrogen-bond donors (Lipinski definition) is 1. The molecule has 2 rings (SSSR count). The van der Waals surface area contributed by atoms with Crippen LogP contribution in [0, 0.1) is 6.92 Å². The quantitative estimate of drug-likeness (QED) is 0.944. The number of hydrogen-bond acceptors (Lipinski definition) is 4. The van der Waals surface area contributed by atoms with Gasteiger partial charge in [-0.05, 0) is 6.92 Å². The SMILES string of the molecule is Cc1noc(C(C)C)c1C(=O)Nc1cc(C(F)(F)F)n(C)n1. The summed E-state index contributed by atoms with van der Waals surface area (Å²) in [5.74, 6) is -0.497. The van der Waals surface area contributed by atoms with Crippen molar-refractivity contribution < 1.29 is 22.5 Å². The fraction of sp³-hybridized carbons (Fsp3) is 0.462. The van der Waals surface area contributed by atoms with Gasteiger partial charge in [-0.15, -0.1) is 0 Å². The highest BCUT2D eigenvalue weighted by Crippen LogP contribution is 2.30. The molecule has 0 aliphatic heterocycles. The molecule has 0 saturated carbocycles. The van der Waals surface area contributed by atoms with Crippen molar-refractivity contribution in [2.75, 3.05) is 5.32 Å². The molecule has 6 nitrogen and oxygen atoms in total. The lowest BCUT2D eigenvalue weighted by molar-refractivity contribution is -0.143. The molecule has 1 amide bonds. The second-order valence-electron chi connectivity index (χ2n) is 5.15. The summed E-state index contributed by atoms with van der Waals surface area (Å²) in [6.07, 6.45) is -4.54. The second-order valence-corrected chi connectivity index (χ2v) is 5.15. The van der Waals surface area contributed by atoms with Crippen molar-refractivity contribution in [3.8, 4) is 0 Å². The van der Waals surface area contributed by atoms with Gasteiger partial charge in [0.15, 0.2) is 11.6 Å². The van der Waals surface area contributed by atoms with Gasteiger partial charge >= 0.3 is 6.18 Å². The molecule has 0 bridgehead atoms. The van der Waals surface area contributed by atoms with E-state index in [2.05, 4.69) is 15.6 Å². The van der Waals surface area contributed by atoms with Crippen LogP contribution in [0.25, 0.3) is 0 Å². The van der Waals surface area contributed by atoms with E-state index in [0.29, 0.717) is 16.1 Å². The van der Waals surface area contributed by atoms with Crippen LogP contribution in [0.3, 0.4) is 0 Å². The number of nitrogens with zero attached hydrogens (tertiary/aromatic N) is 3. The summed E-state index contributed by atoms with van der Waals surface area (Å²) in [7, 11) is 1.16. The average molecular weight is 316 g/mol. The Kier molecular flexibility index (Phi) is 3.99. The first-order valence-electron chi connectivity index (χ1n) is 6.50. The predicted octanol–water partition coefficient (Wildman–Crippen LogP) is 3.11. The molecule has 0 spiro atoms. The first-order chi connectivity index (χ1) is 10.1. The second kappa shape index (κ2) is 5.47. The molecule has 22 heavy (non-hydrogen) atoms. The van der Waals surface area contributed by atoms with Crippen LogP contribution < -0.4 is 5.32 Å². The number of alkyl halides is 3. The molecule has 0 fully saturated rings. The van der Waals surface area contributed by atoms with Crippen molar-refractivity contribution >= 4 is 11.7 Å². The van der Waals surface area contributed by atoms with E-state index in [1.807, 2.05) is 13.8 Å². The van der Waals surface area contributed by atoms with Crippen molar-refractivity contribution in [3.63, 3.8) is 0 Å². The monoisotopic (exact) mass is 316 g/mol. The molecule has 0 aromatic carbocycles. The Labute approximate surface area is 124 Å². The van der Waals surface area contributed by atoms with Gasteiger partial charge in [0.1, 0.15) is 11.3 Å². The largest absolute Gasteiger partial charge is 0.433 e. The van der Waals surface area contributed by atoms with Crippen molar-refractivity contribution in [3.05, 3.63) is 28.8 Å². The Morgan fingerprint density at radius 1 is 1.41 bits per heavy atom. The number of aromatic nitrogens is 3. The molecule has 1 N–H and O–H groups in total. The number of halogens is 3. The third-order valence-corrected chi connectivity index (χ3v) is 3.05. The van der Waals surface area contributed by atoms with Crippen LogP contribution in [0.5, 0.6) is 0 Å². The highest BCUT2D eigenvalue weighted by atomic mass is 19.4. The average Bonchev–Trinajstić information content (AvgIpc) is 2.92. The summed E-state index contributed by atoms with van der Waals surface area (Å²) in [4.78, 5) is 12.2. The van der Waals surface area contributed by atoms with Gasteiger partial charge in [0.05, 0.1) is 5.69 Å². The number of aryl methyl sites for hydroxylation is 2. The van der Waals surface area contributed by atoms with Gasteiger partial charge < -0.3 is 9.84 Å². The van der Waals surface area contributed by atoms with E-state index in [4.69, 9.17) is 4.52 Å². The first kappa shape index (κ1) is 16.1. The molecule has 0 unspecified atom stereocenters. The van der Waals surface area contributed by atoms with E-state index in [9.17, 15) is 18.0 Å². The van der Waals surface area contributed by atoms with Gasteiger partial charge in [0.25, 0.3) is 5.91 Å². The van der Waals surface area contributed by atoms with Gasteiger partial charge in [-0.3, -0.25) is 9.48 Å². The predicted molar refractivity (Wildman–Crippen MR) is 71.5 cm³/mol. The smallest absolute Gasteiger partial charge is 0.360 e. The van der Waals surface area contributed by atoms with Crippen LogP contribution in [-0.2, 0) is 13.2 Å². The molecule has 0 atom stereocenters. The van der Waals surface area contributed by atoms with Crippen molar-refractivity contribution in [2.24, 2.45) is 7.05 Å². The highest BCUT2D eigenvalue weighted by molar-refractivity contribution is 6.05. The Morgan fingerprint density at radius 2 is 2.05 bits per heavy atom. The molecule has 2 heterocycles. The van der Waals surface area contributed by atoms with E-state index in [0.717, 1.165) is 13.1 Å². The fourth-order valence-corrected chi connectivity index (χ4v) is 2.03. The van der Waals surface area contributed by atoms with Gasteiger partial charge in [0, 0.05) is 19.0 Å². The molecule has 2 aromatic heterocycles. The third-order valence-electron chi connectivity index (χ3n) is 3.05. The third kappa shape index (κ3) is 2.97. The summed E-state index contributed by atoms with van der Waals surface area (Å²) in [5, 5.41) is 9.71. The zero-order valence-corrected chi connectivity index (χ0v) is 12.4. The Bertz CT molecular complexity index is 701. The van der Waals surface area contributed by atoms with Crippen molar-refractivity contribution in [1.29, 1.82) is 0 Å². The van der Waals surface area contributed by atoms with E-state index in [1.165, 1.54) is 0 Å². The minimum Gasteiger partial charge on any atom is -0.360 e. The maximum absolute atomic E-state index is 12.7. The van der Waals surface area contributed by atoms with Gasteiger partial charge in [-0.1, -0.05) is 19.0 Å². The molecule has 0 radical (unpaired) electrons. The first-order valence-corrected chi connectivity index (χ1v) is 6.50. The van der Waals surface area contributed by atoms with Crippen molar-refractivity contribution in [1.82, 2.24) is 14.9 Å². The molecular weight excluding hydrogens is 301 g/mol. The minimum absolute atomic E-state index is 0.0866. The molecule has 120 valence electrons. The summed E-state index contributed by atoms with van der Waals surface area (Å²) in [6, 6.07) is 0.774. The van der Waals surface area contributed by atoms with Crippen LogP contribution in [0.1, 0.15) is 47.3 Å². The lowest BCUT2D eigenvalue weighted by atomic mass is 10.0. The summed E-state index contributed by atoms with van der Waals surface area (Å²) in [6.45, 7) is 5.22. The van der Waals surface area contributed by atoms with E-state index in [-0.39, 0.29) is 17.3 Å². The summed E-state index contributed by atoms with van der Waals surface area (Å²) >= 11 is 0. The topological polar surface area (TPSA) is 73.0 Å². The lowest BCUT2D eigenvalue weighted by Gasteiger charge is -2.04. The molecule has 0 saturated heterocycles. The number of rotatable bonds is 3. The van der Waals surface area contributed by atoms with Gasteiger partial charge in [-0.25, -0.2) is 0 Å². The van der Waals surface area contributed by atoms with Crippen LogP contribution >= 0.6 is 0 Å². The Balaban J connectivity index is 2.29. The minimum atomic E-state index is -4.54. The Morgan fingerprint density at radius 3 is 2.55 bits per heavy atom. The van der Waals surface area contributed by atoms with Crippen LogP contribution in [0.2, 0.25) is 0 Å². The summed E-state index contributed by atoms with van der Waals surface area (Å²) in [5.41, 5.74) is -0.365. The van der Waals surface area contributed by atoms with Crippen LogP contribution in [-0.4, -0.2) is 20.8 Å². The maximum Gasteiger partial charge on any atom is 0.433 e. The number of anilines is 1. The number of amides is 1. The van der Waals surface area contributed by atoms with E-state index < -0.39 is 17.8 Å². The van der Waals surface area contributed by atoms with E-state index in [1.54, 1.807) is 6.92 Å². The fourth-order valence-electron chi connectivity index (χ4n) is 2.03. The number of nitrogens with one attached hydrogen (secondary N) is 1. The normalized spacial score (nSPS) is 12.0. The molecule has 0 aliphatic carbocycles. The number of carbonyl (C=O) groups excluding carboxylic acids is 1. The zero-order valence-electron chi connectivity index (χ0n) is 12.4. The van der Waals surface area contributed by atoms with E-state index >= 15 is 0 Å². The molecular formula is C13H15F3N4O2. The standard InChI is InChI=1S/C13H15F3N4O2/c1-6(2)11-10(7(3)19-22-11)12(21)17-9-5-8(13(14,15)16)20(4)18-9/h5-6H,1-4H3,(H,17,18,21). The summed E-state index contributed by atoms with van der Waals surface area (Å²) < 4.78 is 43.9.